The number of nitrogens with zero attached hydrogens (tertiary/aromatic N) is 2. The predicted molar refractivity (Wildman–Crippen MR) is 95.7 cm³/mol. The minimum Gasteiger partial charge on any atom is -0.435 e. The van der Waals surface area contributed by atoms with Crippen molar-refractivity contribution in [1.82, 2.24) is 9.80 Å². The van der Waals surface area contributed by atoms with E-state index in [9.17, 15) is 13.6 Å². The highest BCUT2D eigenvalue weighted by atomic mass is 35.5. The molecule has 0 unspecified atom stereocenters. The van der Waals surface area contributed by atoms with Crippen molar-refractivity contribution in [2.75, 3.05) is 26.2 Å². The molecule has 0 atom stereocenters. The van der Waals surface area contributed by atoms with Crippen LogP contribution < -0.4 is 4.74 Å². The predicted octanol–water partition coefficient (Wildman–Crippen LogP) is 3.90. The van der Waals surface area contributed by atoms with Gasteiger partial charge in [-0.1, -0.05) is 29.8 Å². The van der Waals surface area contributed by atoms with Crippen LogP contribution in [-0.4, -0.2) is 48.5 Å². The molecule has 2 aromatic rings. The van der Waals surface area contributed by atoms with Gasteiger partial charge in [-0.2, -0.15) is 8.78 Å². The highest BCUT2D eigenvalue weighted by molar-refractivity contribution is 6.30. The Morgan fingerprint density at radius 3 is 2.42 bits per heavy atom. The molecule has 2 aromatic carbocycles. The van der Waals surface area contributed by atoms with Gasteiger partial charge >= 0.3 is 6.61 Å². The molecule has 1 saturated heterocycles. The number of rotatable bonds is 5. The second-order valence-electron chi connectivity index (χ2n) is 6.10. The first-order valence-corrected chi connectivity index (χ1v) is 8.70. The van der Waals surface area contributed by atoms with E-state index in [2.05, 4.69) is 9.64 Å². The molecule has 0 spiro atoms. The smallest absolute Gasteiger partial charge is 0.387 e. The molecule has 0 bridgehead atoms. The van der Waals surface area contributed by atoms with Gasteiger partial charge in [-0.25, -0.2) is 0 Å². The topological polar surface area (TPSA) is 32.8 Å². The van der Waals surface area contributed by atoms with Gasteiger partial charge in [0.15, 0.2) is 0 Å². The first-order valence-electron chi connectivity index (χ1n) is 8.32. The van der Waals surface area contributed by atoms with Crippen LogP contribution in [0.25, 0.3) is 0 Å². The summed E-state index contributed by atoms with van der Waals surface area (Å²) in [7, 11) is 0. The average molecular weight is 381 g/mol. The summed E-state index contributed by atoms with van der Waals surface area (Å²) in [6, 6.07) is 13.6. The van der Waals surface area contributed by atoms with Crippen molar-refractivity contribution in [1.29, 1.82) is 0 Å². The van der Waals surface area contributed by atoms with E-state index in [1.165, 1.54) is 17.7 Å². The van der Waals surface area contributed by atoms with Crippen LogP contribution in [0.2, 0.25) is 5.02 Å². The second kappa shape index (κ2) is 8.47. The van der Waals surface area contributed by atoms with E-state index in [1.54, 1.807) is 17.0 Å². The molecule has 26 heavy (non-hydrogen) atoms. The Bertz CT molecular complexity index is 747. The fourth-order valence-electron chi connectivity index (χ4n) is 2.94. The molecule has 0 aliphatic carbocycles. The number of ether oxygens (including phenoxy) is 1. The van der Waals surface area contributed by atoms with Crippen molar-refractivity contribution >= 4 is 17.5 Å². The van der Waals surface area contributed by atoms with Crippen LogP contribution in [-0.2, 0) is 6.54 Å². The maximum absolute atomic E-state index is 12.6. The van der Waals surface area contributed by atoms with E-state index in [0.717, 1.165) is 19.6 Å². The fraction of sp³-hybridized carbons (Fsp3) is 0.316. The third-order valence-electron chi connectivity index (χ3n) is 4.29. The number of hydrogen-bond acceptors (Lipinski definition) is 3. The van der Waals surface area contributed by atoms with Crippen molar-refractivity contribution in [2.45, 2.75) is 13.2 Å². The molecule has 0 radical (unpaired) electrons. The van der Waals surface area contributed by atoms with Crippen molar-refractivity contribution in [2.24, 2.45) is 0 Å². The first-order chi connectivity index (χ1) is 12.5. The number of benzene rings is 2. The van der Waals surface area contributed by atoms with Gasteiger partial charge in [0.1, 0.15) is 5.75 Å². The van der Waals surface area contributed by atoms with Gasteiger partial charge < -0.3 is 9.64 Å². The molecule has 0 N–H and O–H groups in total. The lowest BCUT2D eigenvalue weighted by atomic mass is 10.1. The number of amides is 1. The van der Waals surface area contributed by atoms with E-state index < -0.39 is 6.61 Å². The molecule has 138 valence electrons. The highest BCUT2D eigenvalue weighted by Gasteiger charge is 2.22. The molecule has 7 heteroatoms. The molecular weight excluding hydrogens is 362 g/mol. The van der Waals surface area contributed by atoms with Crippen molar-refractivity contribution in [3.8, 4) is 5.75 Å². The Morgan fingerprint density at radius 2 is 1.77 bits per heavy atom. The lowest BCUT2D eigenvalue weighted by Crippen LogP contribution is -2.48. The number of piperazine rings is 1. The monoisotopic (exact) mass is 380 g/mol. The van der Waals surface area contributed by atoms with Crippen LogP contribution in [0, 0.1) is 0 Å². The fourth-order valence-corrected chi connectivity index (χ4v) is 3.07. The van der Waals surface area contributed by atoms with E-state index >= 15 is 0 Å². The van der Waals surface area contributed by atoms with Gasteiger partial charge in [0.05, 0.1) is 0 Å². The summed E-state index contributed by atoms with van der Waals surface area (Å²) in [5.41, 5.74) is 1.53. The molecule has 0 saturated carbocycles. The SMILES string of the molecule is O=C(c1cccc(OC(F)F)c1)N1CCN(Cc2ccc(Cl)cc2)CC1. The van der Waals surface area contributed by atoms with Crippen LogP contribution >= 0.6 is 11.6 Å². The van der Waals surface area contributed by atoms with E-state index in [0.29, 0.717) is 23.7 Å². The molecule has 1 aliphatic rings. The van der Waals surface area contributed by atoms with Crippen LogP contribution in [0.3, 0.4) is 0 Å². The summed E-state index contributed by atoms with van der Waals surface area (Å²) >= 11 is 5.90. The second-order valence-corrected chi connectivity index (χ2v) is 6.54. The minimum absolute atomic E-state index is 0.00720. The van der Waals surface area contributed by atoms with Gasteiger partial charge in [-0.15, -0.1) is 0 Å². The summed E-state index contributed by atoms with van der Waals surface area (Å²) in [5.74, 6) is -0.178. The number of hydrogen-bond donors (Lipinski definition) is 0. The molecule has 4 nitrogen and oxygen atoms in total. The minimum atomic E-state index is -2.91. The Morgan fingerprint density at radius 1 is 1.08 bits per heavy atom. The third kappa shape index (κ3) is 4.93. The zero-order valence-corrected chi connectivity index (χ0v) is 14.8. The zero-order chi connectivity index (χ0) is 18.5. The first kappa shape index (κ1) is 18.6. The molecule has 1 amide bonds. The van der Waals surface area contributed by atoms with Crippen LogP contribution in [0.5, 0.6) is 5.75 Å². The summed E-state index contributed by atoms with van der Waals surface area (Å²) in [6.07, 6.45) is 0. The third-order valence-corrected chi connectivity index (χ3v) is 4.54. The van der Waals surface area contributed by atoms with Gasteiger partial charge in [-0.3, -0.25) is 9.69 Å². The number of halogens is 3. The van der Waals surface area contributed by atoms with E-state index in [1.807, 2.05) is 24.3 Å². The average Bonchev–Trinajstić information content (AvgIpc) is 2.63. The van der Waals surface area contributed by atoms with Crippen LogP contribution in [0.15, 0.2) is 48.5 Å². The van der Waals surface area contributed by atoms with E-state index in [-0.39, 0.29) is 11.7 Å². The molecule has 3 rings (SSSR count). The number of carbonyl (C=O) groups is 1. The van der Waals surface area contributed by atoms with Crippen molar-refractivity contribution < 1.29 is 18.3 Å². The molecule has 0 aromatic heterocycles. The van der Waals surface area contributed by atoms with Gasteiger partial charge in [0.2, 0.25) is 0 Å². The molecule has 1 fully saturated rings. The summed E-state index contributed by atoms with van der Waals surface area (Å²) < 4.78 is 29.0. The van der Waals surface area contributed by atoms with Crippen LogP contribution in [0.4, 0.5) is 8.78 Å². The maximum atomic E-state index is 12.6. The van der Waals surface area contributed by atoms with E-state index in [4.69, 9.17) is 11.6 Å². The summed E-state index contributed by atoms with van der Waals surface area (Å²) in [4.78, 5) is 16.6. The summed E-state index contributed by atoms with van der Waals surface area (Å²) in [5, 5.41) is 0.710. The Hall–Kier alpha value is -2.18. The standard InChI is InChI=1S/C19H19ClF2N2O2/c20-16-6-4-14(5-7-16)13-23-8-10-24(11-9-23)18(25)15-2-1-3-17(12-15)26-19(21)22/h1-7,12,19H,8-11,13H2. The quantitative estimate of drug-likeness (QED) is 0.788. The number of carbonyl (C=O) groups excluding carboxylic acids is 1. The maximum Gasteiger partial charge on any atom is 0.387 e. The normalized spacial score (nSPS) is 15.3. The molecular formula is C19H19ClF2N2O2. The Labute approximate surface area is 155 Å². The Balaban J connectivity index is 1.55. The lowest BCUT2D eigenvalue weighted by molar-refractivity contribution is -0.0499. The lowest BCUT2D eigenvalue weighted by Gasteiger charge is -2.34. The van der Waals surface area contributed by atoms with Crippen LogP contribution in [0.1, 0.15) is 15.9 Å². The van der Waals surface area contributed by atoms with Crippen molar-refractivity contribution in [3.63, 3.8) is 0 Å². The van der Waals surface area contributed by atoms with Crippen molar-refractivity contribution in [3.05, 3.63) is 64.7 Å². The van der Waals surface area contributed by atoms with Gasteiger partial charge in [-0.05, 0) is 35.9 Å². The molecule has 1 heterocycles. The number of alkyl halides is 2. The van der Waals surface area contributed by atoms with Gasteiger partial charge in [0, 0.05) is 43.3 Å². The zero-order valence-electron chi connectivity index (χ0n) is 14.1. The molecule has 1 aliphatic heterocycles. The Kier molecular flexibility index (Phi) is 6.06. The van der Waals surface area contributed by atoms with Gasteiger partial charge in [0.25, 0.3) is 5.91 Å². The highest BCUT2D eigenvalue weighted by Crippen LogP contribution is 2.18. The largest absolute Gasteiger partial charge is 0.435 e. The summed E-state index contributed by atoms with van der Waals surface area (Å²) in [6.45, 7) is 0.579.